The van der Waals surface area contributed by atoms with Gasteiger partial charge in [-0.15, -0.1) is 0 Å². The van der Waals surface area contributed by atoms with E-state index < -0.39 is 11.6 Å². The van der Waals surface area contributed by atoms with Crippen LogP contribution in [0.15, 0.2) is 36.4 Å². The molecule has 0 bridgehead atoms. The van der Waals surface area contributed by atoms with E-state index in [0.717, 1.165) is 17.7 Å². The van der Waals surface area contributed by atoms with Gasteiger partial charge < -0.3 is 5.32 Å². The fourth-order valence-electron chi connectivity index (χ4n) is 2.07. The molecule has 2 aromatic rings. The Morgan fingerprint density at radius 2 is 1.80 bits per heavy atom. The first-order valence-corrected chi connectivity index (χ1v) is 6.45. The molecule has 20 heavy (non-hydrogen) atoms. The van der Waals surface area contributed by atoms with Gasteiger partial charge in [-0.05, 0) is 48.9 Å². The summed E-state index contributed by atoms with van der Waals surface area (Å²) in [6.07, 6.45) is 0.416. The molecule has 106 valence electrons. The molecule has 0 aromatic heterocycles. The van der Waals surface area contributed by atoms with Crippen LogP contribution in [0.25, 0.3) is 0 Å². The summed E-state index contributed by atoms with van der Waals surface area (Å²) in [4.78, 5) is 0. The van der Waals surface area contributed by atoms with E-state index in [2.05, 4.69) is 5.32 Å². The zero-order valence-corrected chi connectivity index (χ0v) is 11.5. The van der Waals surface area contributed by atoms with Crippen LogP contribution in [0.4, 0.5) is 13.2 Å². The van der Waals surface area contributed by atoms with Crippen LogP contribution >= 0.6 is 11.6 Å². The molecule has 2 rings (SSSR count). The second-order valence-electron chi connectivity index (χ2n) is 4.46. The van der Waals surface area contributed by atoms with Crippen LogP contribution in [0, 0.1) is 17.5 Å². The summed E-state index contributed by atoms with van der Waals surface area (Å²) < 4.78 is 39.6. The number of nitrogens with one attached hydrogen (secondary N) is 1. The van der Waals surface area contributed by atoms with E-state index in [1.807, 2.05) is 0 Å². The van der Waals surface area contributed by atoms with Crippen LogP contribution in [-0.4, -0.2) is 7.05 Å². The quantitative estimate of drug-likeness (QED) is 0.832. The van der Waals surface area contributed by atoms with E-state index in [1.54, 1.807) is 19.2 Å². The molecular formula is C15H13ClF3N. The Hall–Kier alpha value is -1.52. The maximum Gasteiger partial charge on any atom is 0.160 e. The van der Waals surface area contributed by atoms with E-state index in [0.29, 0.717) is 12.0 Å². The monoisotopic (exact) mass is 299 g/mol. The Balaban J connectivity index is 2.31. The van der Waals surface area contributed by atoms with Crippen LogP contribution in [0.1, 0.15) is 17.2 Å². The molecule has 1 unspecified atom stereocenters. The summed E-state index contributed by atoms with van der Waals surface area (Å²) in [5, 5.41) is 3.12. The van der Waals surface area contributed by atoms with Crippen molar-refractivity contribution in [3.8, 4) is 0 Å². The third-order valence-electron chi connectivity index (χ3n) is 3.09. The molecule has 0 fully saturated rings. The molecule has 0 aliphatic carbocycles. The first-order chi connectivity index (χ1) is 9.51. The van der Waals surface area contributed by atoms with Crippen LogP contribution < -0.4 is 5.32 Å². The minimum absolute atomic E-state index is 0.139. The largest absolute Gasteiger partial charge is 0.313 e. The molecule has 0 saturated heterocycles. The molecule has 0 radical (unpaired) electrons. The van der Waals surface area contributed by atoms with Gasteiger partial charge in [-0.3, -0.25) is 0 Å². The number of hydrogen-bond donors (Lipinski definition) is 1. The van der Waals surface area contributed by atoms with E-state index in [9.17, 15) is 13.2 Å². The maximum absolute atomic E-state index is 13.3. The van der Waals surface area contributed by atoms with Crippen molar-refractivity contribution in [2.45, 2.75) is 12.5 Å². The zero-order valence-electron chi connectivity index (χ0n) is 10.8. The van der Waals surface area contributed by atoms with E-state index in [-0.39, 0.29) is 16.9 Å². The lowest BCUT2D eigenvalue weighted by Crippen LogP contribution is -2.19. The summed E-state index contributed by atoms with van der Waals surface area (Å²) in [5.41, 5.74) is 1.18. The predicted octanol–water partition coefficient (Wildman–Crippen LogP) is 4.26. The van der Waals surface area contributed by atoms with Crippen LogP contribution in [0.2, 0.25) is 5.02 Å². The zero-order chi connectivity index (χ0) is 14.7. The number of rotatable bonds is 4. The average molecular weight is 300 g/mol. The number of halogens is 4. The molecule has 0 amide bonds. The fourth-order valence-corrected chi connectivity index (χ4v) is 2.35. The molecule has 1 atom stereocenters. The normalized spacial score (nSPS) is 12.4. The molecule has 0 heterocycles. The second kappa shape index (κ2) is 6.29. The van der Waals surface area contributed by atoms with Crippen LogP contribution in [-0.2, 0) is 6.42 Å². The van der Waals surface area contributed by atoms with Gasteiger partial charge in [-0.2, -0.15) is 0 Å². The SMILES string of the molecule is CNC(Cc1cccc(F)c1)c1cc(F)c(F)cc1Cl. The highest BCUT2D eigenvalue weighted by atomic mass is 35.5. The van der Waals surface area contributed by atoms with Crippen molar-refractivity contribution in [3.05, 3.63) is 70.0 Å². The van der Waals surface area contributed by atoms with Crippen molar-refractivity contribution >= 4 is 11.6 Å². The average Bonchev–Trinajstić information content (AvgIpc) is 2.40. The standard InChI is InChI=1S/C15H13ClF3N/c1-20-15(6-9-3-2-4-10(17)5-9)11-7-13(18)14(19)8-12(11)16/h2-5,7-8,15,20H,6H2,1H3. The highest BCUT2D eigenvalue weighted by Gasteiger charge is 2.17. The maximum atomic E-state index is 13.3. The summed E-state index contributed by atoms with van der Waals surface area (Å²) in [5.74, 6) is -2.28. The van der Waals surface area contributed by atoms with Crippen molar-refractivity contribution in [1.82, 2.24) is 5.32 Å². The minimum Gasteiger partial charge on any atom is -0.313 e. The van der Waals surface area contributed by atoms with Crippen molar-refractivity contribution in [2.75, 3.05) is 7.05 Å². The van der Waals surface area contributed by atoms with E-state index >= 15 is 0 Å². The number of benzene rings is 2. The topological polar surface area (TPSA) is 12.0 Å². The van der Waals surface area contributed by atoms with Gasteiger partial charge in [0.25, 0.3) is 0 Å². The second-order valence-corrected chi connectivity index (χ2v) is 4.87. The van der Waals surface area contributed by atoms with Gasteiger partial charge in [0.15, 0.2) is 11.6 Å². The number of likely N-dealkylation sites (N-methyl/N-ethyl adjacent to an activating group) is 1. The Morgan fingerprint density at radius 3 is 2.45 bits per heavy atom. The Morgan fingerprint density at radius 1 is 1.10 bits per heavy atom. The van der Waals surface area contributed by atoms with Crippen molar-refractivity contribution in [2.24, 2.45) is 0 Å². The van der Waals surface area contributed by atoms with Crippen LogP contribution in [0.5, 0.6) is 0 Å². The van der Waals surface area contributed by atoms with Gasteiger partial charge >= 0.3 is 0 Å². The predicted molar refractivity (Wildman–Crippen MR) is 73.3 cm³/mol. The lowest BCUT2D eigenvalue weighted by atomic mass is 9.98. The summed E-state index contributed by atoms with van der Waals surface area (Å²) in [6.45, 7) is 0. The lowest BCUT2D eigenvalue weighted by Gasteiger charge is -2.18. The molecule has 1 N–H and O–H groups in total. The Bertz CT molecular complexity index is 616. The van der Waals surface area contributed by atoms with Crippen molar-refractivity contribution in [1.29, 1.82) is 0 Å². The summed E-state index contributed by atoms with van der Waals surface area (Å²) in [7, 11) is 1.68. The summed E-state index contributed by atoms with van der Waals surface area (Å²) in [6, 6.07) is 7.80. The first kappa shape index (κ1) is 14.9. The lowest BCUT2D eigenvalue weighted by molar-refractivity contribution is 0.501. The smallest absolute Gasteiger partial charge is 0.160 e. The molecule has 1 nitrogen and oxygen atoms in total. The van der Waals surface area contributed by atoms with E-state index in [1.165, 1.54) is 12.1 Å². The first-order valence-electron chi connectivity index (χ1n) is 6.07. The highest BCUT2D eigenvalue weighted by molar-refractivity contribution is 6.31. The Kier molecular flexibility index (Phi) is 4.68. The van der Waals surface area contributed by atoms with Gasteiger partial charge in [0.2, 0.25) is 0 Å². The molecule has 5 heteroatoms. The van der Waals surface area contributed by atoms with Gasteiger partial charge in [0.05, 0.1) is 0 Å². The van der Waals surface area contributed by atoms with Crippen LogP contribution in [0.3, 0.4) is 0 Å². The molecule has 2 aromatic carbocycles. The van der Waals surface area contributed by atoms with Crippen molar-refractivity contribution in [3.63, 3.8) is 0 Å². The molecular weight excluding hydrogens is 287 g/mol. The van der Waals surface area contributed by atoms with E-state index in [4.69, 9.17) is 11.6 Å². The molecule has 0 spiro atoms. The van der Waals surface area contributed by atoms with Gasteiger partial charge in [-0.25, -0.2) is 13.2 Å². The summed E-state index contributed by atoms with van der Waals surface area (Å²) >= 11 is 5.95. The molecule has 0 aliphatic heterocycles. The van der Waals surface area contributed by atoms with Gasteiger partial charge in [-0.1, -0.05) is 23.7 Å². The Labute approximate surface area is 120 Å². The highest BCUT2D eigenvalue weighted by Crippen LogP contribution is 2.28. The third kappa shape index (κ3) is 3.32. The minimum atomic E-state index is -0.987. The number of hydrogen-bond acceptors (Lipinski definition) is 1. The van der Waals surface area contributed by atoms with Crippen molar-refractivity contribution < 1.29 is 13.2 Å². The molecule has 0 saturated carbocycles. The molecule has 0 aliphatic rings. The third-order valence-corrected chi connectivity index (χ3v) is 3.42. The van der Waals surface area contributed by atoms with Gasteiger partial charge in [0.1, 0.15) is 5.82 Å². The fraction of sp³-hybridized carbons (Fsp3) is 0.200. The van der Waals surface area contributed by atoms with Gasteiger partial charge in [0, 0.05) is 11.1 Å².